The number of hydrogen-bond donors (Lipinski definition) is 0. The quantitative estimate of drug-likeness (QED) is 0.786. The van der Waals surface area contributed by atoms with E-state index >= 15 is 0 Å². The van der Waals surface area contributed by atoms with Crippen molar-refractivity contribution in [3.8, 4) is 17.6 Å². The molecule has 0 bridgehead atoms. The molecule has 0 aliphatic heterocycles. The Balaban J connectivity index is 3.30. The minimum atomic E-state index is -3.62. The Bertz CT molecular complexity index is 516. The van der Waals surface area contributed by atoms with Gasteiger partial charge in [0.2, 0.25) is 0 Å². The molecule has 0 aliphatic rings. The molecule has 0 saturated heterocycles. The third-order valence-electron chi connectivity index (χ3n) is 1.96. The van der Waals surface area contributed by atoms with Gasteiger partial charge in [0.15, 0.2) is 9.84 Å². The molecular weight excluding hydrogens is 230 g/mol. The predicted octanol–water partition coefficient (Wildman–Crippen LogP) is 1.00. The smallest absolute Gasteiger partial charge is 0.195 e. The van der Waals surface area contributed by atoms with Gasteiger partial charge in [0.25, 0.3) is 0 Å². The molecule has 6 heteroatoms. The molecular formula is C10H11NO4S. The second-order valence-electron chi connectivity index (χ2n) is 2.93. The van der Waals surface area contributed by atoms with E-state index in [-0.39, 0.29) is 10.6 Å². The fraction of sp³-hybridized carbons (Fsp3) is 0.300. The van der Waals surface area contributed by atoms with Gasteiger partial charge in [-0.25, -0.2) is 8.42 Å². The van der Waals surface area contributed by atoms with E-state index in [2.05, 4.69) is 0 Å². The number of hydrogen-bond acceptors (Lipinski definition) is 5. The van der Waals surface area contributed by atoms with Crippen molar-refractivity contribution < 1.29 is 17.9 Å². The molecule has 0 heterocycles. The number of nitrogens with zero attached hydrogens (tertiary/aromatic N) is 1. The van der Waals surface area contributed by atoms with Crippen molar-refractivity contribution >= 4 is 9.84 Å². The van der Waals surface area contributed by atoms with Gasteiger partial charge in [0, 0.05) is 6.07 Å². The monoisotopic (exact) mass is 241 g/mol. The van der Waals surface area contributed by atoms with Crippen molar-refractivity contribution in [2.24, 2.45) is 0 Å². The molecule has 86 valence electrons. The number of sulfone groups is 1. The van der Waals surface area contributed by atoms with Crippen molar-refractivity contribution in [2.75, 3.05) is 20.0 Å². The van der Waals surface area contributed by atoms with E-state index < -0.39 is 15.6 Å². The first-order valence-corrected chi connectivity index (χ1v) is 6.02. The van der Waals surface area contributed by atoms with Gasteiger partial charge in [0.1, 0.15) is 22.1 Å². The highest BCUT2D eigenvalue weighted by atomic mass is 32.2. The second-order valence-corrected chi connectivity index (χ2v) is 4.89. The molecule has 0 saturated carbocycles. The van der Waals surface area contributed by atoms with Crippen LogP contribution in [-0.2, 0) is 9.84 Å². The normalized spacial score (nSPS) is 10.6. The summed E-state index contributed by atoms with van der Waals surface area (Å²) < 4.78 is 33.2. The van der Waals surface area contributed by atoms with Gasteiger partial charge >= 0.3 is 0 Å². The van der Waals surface area contributed by atoms with Crippen molar-refractivity contribution in [1.29, 1.82) is 5.26 Å². The molecule has 1 aromatic rings. The van der Waals surface area contributed by atoms with Crippen LogP contribution in [0.5, 0.6) is 11.5 Å². The number of nitriles is 1. The van der Waals surface area contributed by atoms with Crippen LogP contribution in [0.2, 0.25) is 0 Å². The van der Waals surface area contributed by atoms with Crippen LogP contribution in [0.15, 0.2) is 23.1 Å². The summed E-state index contributed by atoms with van der Waals surface area (Å²) in [6, 6.07) is 5.95. The highest BCUT2D eigenvalue weighted by molar-refractivity contribution is 7.91. The molecule has 5 nitrogen and oxygen atoms in total. The Kier molecular flexibility index (Phi) is 3.74. The van der Waals surface area contributed by atoms with Gasteiger partial charge in [-0.15, -0.1) is 0 Å². The fourth-order valence-corrected chi connectivity index (χ4v) is 2.24. The Morgan fingerprint density at radius 2 is 2.00 bits per heavy atom. The van der Waals surface area contributed by atoms with E-state index in [1.165, 1.54) is 32.4 Å². The Morgan fingerprint density at radius 1 is 1.31 bits per heavy atom. The third-order valence-corrected chi connectivity index (χ3v) is 3.48. The zero-order valence-electron chi connectivity index (χ0n) is 8.93. The number of methoxy groups -OCH3 is 2. The molecule has 16 heavy (non-hydrogen) atoms. The van der Waals surface area contributed by atoms with Gasteiger partial charge in [-0.05, 0) is 12.1 Å². The van der Waals surface area contributed by atoms with E-state index in [4.69, 9.17) is 14.7 Å². The van der Waals surface area contributed by atoms with Crippen LogP contribution < -0.4 is 9.47 Å². The third kappa shape index (κ3) is 2.44. The van der Waals surface area contributed by atoms with Crippen LogP contribution in [0.25, 0.3) is 0 Å². The lowest BCUT2D eigenvalue weighted by atomic mass is 10.3. The highest BCUT2D eigenvalue weighted by Gasteiger charge is 2.19. The topological polar surface area (TPSA) is 76.4 Å². The maximum Gasteiger partial charge on any atom is 0.195 e. The van der Waals surface area contributed by atoms with E-state index in [0.29, 0.717) is 5.75 Å². The summed E-state index contributed by atoms with van der Waals surface area (Å²) >= 11 is 0. The molecule has 0 N–H and O–H groups in total. The Hall–Kier alpha value is -1.74. The van der Waals surface area contributed by atoms with Crippen molar-refractivity contribution in [2.45, 2.75) is 4.90 Å². The van der Waals surface area contributed by atoms with Crippen LogP contribution in [-0.4, -0.2) is 28.4 Å². The van der Waals surface area contributed by atoms with Crippen molar-refractivity contribution in [3.63, 3.8) is 0 Å². The lowest BCUT2D eigenvalue weighted by molar-refractivity contribution is 0.386. The van der Waals surface area contributed by atoms with Crippen LogP contribution in [0.1, 0.15) is 0 Å². The first kappa shape index (κ1) is 12.3. The Labute approximate surface area is 94.1 Å². The molecule has 0 amide bonds. The molecule has 0 spiro atoms. The SMILES string of the molecule is COc1ccc(S(=O)(=O)CC#N)c(OC)c1. The molecule has 0 unspecified atom stereocenters. The maximum absolute atomic E-state index is 11.7. The number of ether oxygens (including phenoxy) is 2. The average Bonchev–Trinajstić information content (AvgIpc) is 2.28. The molecule has 0 aliphatic carbocycles. The van der Waals surface area contributed by atoms with Crippen LogP contribution in [0.4, 0.5) is 0 Å². The summed E-state index contributed by atoms with van der Waals surface area (Å²) in [5.74, 6) is 0.0951. The molecule has 1 aromatic carbocycles. The fourth-order valence-electron chi connectivity index (χ4n) is 1.19. The van der Waals surface area contributed by atoms with Gasteiger partial charge in [0.05, 0.1) is 20.3 Å². The summed E-state index contributed by atoms with van der Waals surface area (Å²) in [4.78, 5) is -0.00245. The highest BCUT2D eigenvalue weighted by Crippen LogP contribution is 2.28. The molecule has 0 fully saturated rings. The van der Waals surface area contributed by atoms with E-state index in [1.807, 2.05) is 0 Å². The zero-order chi connectivity index (χ0) is 12.2. The number of rotatable bonds is 4. The van der Waals surface area contributed by atoms with Crippen LogP contribution in [0.3, 0.4) is 0 Å². The van der Waals surface area contributed by atoms with E-state index in [9.17, 15) is 8.42 Å². The van der Waals surface area contributed by atoms with Gasteiger partial charge in [-0.2, -0.15) is 5.26 Å². The van der Waals surface area contributed by atoms with Crippen LogP contribution in [0, 0.1) is 11.3 Å². The minimum absolute atomic E-state index is 0.00245. The van der Waals surface area contributed by atoms with Gasteiger partial charge in [-0.3, -0.25) is 0 Å². The predicted molar refractivity (Wildman–Crippen MR) is 57.2 cm³/mol. The van der Waals surface area contributed by atoms with Gasteiger partial charge < -0.3 is 9.47 Å². The van der Waals surface area contributed by atoms with E-state index in [1.54, 1.807) is 6.07 Å². The van der Waals surface area contributed by atoms with Gasteiger partial charge in [-0.1, -0.05) is 0 Å². The first-order chi connectivity index (χ1) is 7.55. The summed E-state index contributed by atoms with van der Waals surface area (Å²) in [6.07, 6.45) is 0. The largest absolute Gasteiger partial charge is 0.497 e. The minimum Gasteiger partial charge on any atom is -0.497 e. The van der Waals surface area contributed by atoms with E-state index in [0.717, 1.165) is 0 Å². The standard InChI is InChI=1S/C10H11NO4S/c1-14-8-3-4-10(9(7-8)15-2)16(12,13)6-5-11/h3-4,7H,6H2,1-2H3. The van der Waals surface area contributed by atoms with Crippen molar-refractivity contribution in [1.82, 2.24) is 0 Å². The summed E-state index contributed by atoms with van der Waals surface area (Å²) in [5, 5.41) is 8.43. The zero-order valence-corrected chi connectivity index (χ0v) is 9.74. The first-order valence-electron chi connectivity index (χ1n) is 4.37. The lowest BCUT2D eigenvalue weighted by Crippen LogP contribution is -2.07. The average molecular weight is 241 g/mol. The Morgan fingerprint density at radius 3 is 2.50 bits per heavy atom. The summed E-state index contributed by atoms with van der Waals surface area (Å²) in [7, 11) is -0.788. The summed E-state index contributed by atoms with van der Waals surface area (Å²) in [5.41, 5.74) is 0. The molecule has 0 radical (unpaired) electrons. The van der Waals surface area contributed by atoms with Crippen LogP contribution >= 0.6 is 0 Å². The lowest BCUT2D eigenvalue weighted by Gasteiger charge is -2.09. The second kappa shape index (κ2) is 4.86. The summed E-state index contributed by atoms with van der Waals surface area (Å²) in [6.45, 7) is 0. The van der Waals surface area contributed by atoms with Crippen molar-refractivity contribution in [3.05, 3.63) is 18.2 Å². The molecule has 1 rings (SSSR count). The maximum atomic E-state index is 11.7. The number of benzene rings is 1. The molecule has 0 aromatic heterocycles. The molecule has 0 atom stereocenters.